The van der Waals surface area contributed by atoms with Crippen LogP contribution in [0.3, 0.4) is 0 Å². The summed E-state index contributed by atoms with van der Waals surface area (Å²) >= 11 is 3.55. The van der Waals surface area contributed by atoms with E-state index in [-0.39, 0.29) is 5.57 Å². The lowest BCUT2D eigenvalue weighted by Crippen LogP contribution is -2.54. The van der Waals surface area contributed by atoms with E-state index in [2.05, 4.69) is 45.5 Å². The van der Waals surface area contributed by atoms with Crippen molar-refractivity contribution in [2.75, 3.05) is 19.1 Å². The fraction of sp³-hybridized carbons (Fsp3) is 0.129. The lowest BCUT2D eigenvalue weighted by atomic mass is 10.0. The molecule has 8 nitrogen and oxygen atoms in total. The molecule has 202 valence electrons. The molecule has 0 bridgehead atoms. The Morgan fingerprint density at radius 1 is 0.925 bits per heavy atom. The van der Waals surface area contributed by atoms with Gasteiger partial charge in [0.15, 0.2) is 11.5 Å². The third-order valence-corrected chi connectivity index (χ3v) is 7.22. The number of hydrogen-bond acceptors (Lipinski definition) is 6. The van der Waals surface area contributed by atoms with E-state index in [1.165, 1.54) is 20.3 Å². The number of fused-ring (bicyclic) bond motifs is 1. The van der Waals surface area contributed by atoms with E-state index < -0.39 is 17.8 Å². The van der Waals surface area contributed by atoms with Gasteiger partial charge in [-0.15, -0.1) is 0 Å². The molecule has 1 aliphatic heterocycles. The number of barbiturate groups is 1. The second kappa shape index (κ2) is 11.2. The predicted octanol–water partition coefficient (Wildman–Crippen LogP) is 6.17. The van der Waals surface area contributed by atoms with E-state index in [0.29, 0.717) is 39.6 Å². The minimum atomic E-state index is -0.830. The van der Waals surface area contributed by atoms with Gasteiger partial charge in [0, 0.05) is 5.56 Å². The van der Waals surface area contributed by atoms with Crippen LogP contribution in [-0.2, 0) is 16.2 Å². The number of methoxy groups -OCH3 is 2. The van der Waals surface area contributed by atoms with Gasteiger partial charge in [-0.3, -0.25) is 14.9 Å². The molecule has 0 spiro atoms. The molecule has 0 unspecified atom stereocenters. The van der Waals surface area contributed by atoms with E-state index >= 15 is 0 Å². The number of imide groups is 2. The minimum absolute atomic E-state index is 0.204. The summed E-state index contributed by atoms with van der Waals surface area (Å²) in [5.41, 5.74) is 2.76. The largest absolute Gasteiger partial charge is 0.497 e. The van der Waals surface area contributed by atoms with Crippen LogP contribution in [0.1, 0.15) is 16.7 Å². The second-order valence-electron chi connectivity index (χ2n) is 9.06. The van der Waals surface area contributed by atoms with E-state index in [1.807, 2.05) is 19.1 Å². The Morgan fingerprint density at radius 3 is 2.40 bits per heavy atom. The lowest BCUT2D eigenvalue weighted by molar-refractivity contribution is -0.122. The fourth-order valence-electron chi connectivity index (χ4n) is 4.53. The number of carbonyl (C=O) groups is 3. The number of nitrogens with zero attached hydrogens (tertiary/aromatic N) is 1. The van der Waals surface area contributed by atoms with Crippen molar-refractivity contribution in [3.63, 3.8) is 0 Å². The molecule has 0 atom stereocenters. The number of benzene rings is 4. The number of nitrogens with one attached hydrogen (secondary N) is 1. The van der Waals surface area contributed by atoms with Gasteiger partial charge < -0.3 is 14.2 Å². The highest BCUT2D eigenvalue weighted by atomic mass is 79.9. The second-order valence-corrected chi connectivity index (χ2v) is 9.92. The average molecular weight is 601 g/mol. The van der Waals surface area contributed by atoms with Gasteiger partial charge in [0.1, 0.15) is 17.9 Å². The van der Waals surface area contributed by atoms with E-state index in [1.54, 1.807) is 36.4 Å². The summed E-state index contributed by atoms with van der Waals surface area (Å²) in [7, 11) is 3.03. The molecular weight excluding hydrogens is 576 g/mol. The van der Waals surface area contributed by atoms with E-state index in [0.717, 1.165) is 26.8 Å². The Kier molecular flexibility index (Phi) is 7.57. The Bertz CT molecular complexity index is 1680. The first-order valence-corrected chi connectivity index (χ1v) is 13.1. The zero-order valence-corrected chi connectivity index (χ0v) is 23.6. The molecule has 4 amide bonds. The highest BCUT2D eigenvalue weighted by molar-refractivity contribution is 9.10. The monoisotopic (exact) mass is 600 g/mol. The summed E-state index contributed by atoms with van der Waals surface area (Å²) in [5, 5.41) is 4.46. The van der Waals surface area contributed by atoms with Crippen molar-refractivity contribution < 1.29 is 28.6 Å². The van der Waals surface area contributed by atoms with Gasteiger partial charge in [-0.2, -0.15) is 0 Å². The third-order valence-electron chi connectivity index (χ3n) is 6.63. The molecule has 0 aromatic heterocycles. The van der Waals surface area contributed by atoms with Crippen LogP contribution in [0, 0.1) is 6.92 Å². The normalized spacial score (nSPS) is 14.4. The molecular formula is C31H25BrN2O6. The predicted molar refractivity (Wildman–Crippen MR) is 156 cm³/mol. The zero-order valence-electron chi connectivity index (χ0n) is 22.0. The molecule has 1 fully saturated rings. The first-order chi connectivity index (χ1) is 19.3. The summed E-state index contributed by atoms with van der Waals surface area (Å²) in [6.07, 6.45) is 1.41. The summed E-state index contributed by atoms with van der Waals surface area (Å²) in [5.74, 6) is -0.0880. The molecule has 40 heavy (non-hydrogen) atoms. The SMILES string of the molecule is COc1ccc(N2C(=O)NC(=O)/C(=C\c3cc(Br)c(OCc4c(C)ccc5ccccc45)c(OC)c3)C2=O)cc1. The zero-order chi connectivity index (χ0) is 28.4. The molecule has 9 heteroatoms. The summed E-state index contributed by atoms with van der Waals surface area (Å²) < 4.78 is 17.5. The Hall–Kier alpha value is -4.63. The van der Waals surface area contributed by atoms with E-state index in [9.17, 15) is 14.4 Å². The molecule has 0 radical (unpaired) electrons. The Morgan fingerprint density at radius 2 is 1.68 bits per heavy atom. The van der Waals surface area contributed by atoms with Crippen LogP contribution in [0.25, 0.3) is 16.8 Å². The van der Waals surface area contributed by atoms with Gasteiger partial charge in [-0.25, -0.2) is 9.69 Å². The van der Waals surface area contributed by atoms with Crippen LogP contribution >= 0.6 is 15.9 Å². The molecule has 5 rings (SSSR count). The van der Waals surface area contributed by atoms with Gasteiger partial charge in [-0.1, -0.05) is 36.4 Å². The number of halogens is 1. The topological polar surface area (TPSA) is 94.2 Å². The number of anilines is 1. The van der Waals surface area contributed by atoms with Crippen molar-refractivity contribution in [1.29, 1.82) is 0 Å². The smallest absolute Gasteiger partial charge is 0.335 e. The summed E-state index contributed by atoms with van der Waals surface area (Å²) in [4.78, 5) is 39.4. The lowest BCUT2D eigenvalue weighted by Gasteiger charge is -2.26. The molecule has 1 saturated heterocycles. The van der Waals surface area contributed by atoms with Crippen molar-refractivity contribution in [2.24, 2.45) is 0 Å². The molecule has 1 heterocycles. The number of amides is 4. The summed E-state index contributed by atoms with van der Waals surface area (Å²) in [6, 6.07) is 21.2. The highest BCUT2D eigenvalue weighted by Crippen LogP contribution is 2.38. The minimum Gasteiger partial charge on any atom is -0.497 e. The quantitative estimate of drug-likeness (QED) is 0.201. The standard InChI is InChI=1S/C31H25BrN2O6/c1-18-8-9-20-6-4-5-7-23(20)25(18)17-40-28-26(32)15-19(16-27(28)39-3)14-24-29(35)33-31(37)34(30(24)36)21-10-12-22(38-2)13-11-21/h4-16H,17H2,1-3H3,(H,33,35,37)/b24-14+. The molecule has 0 saturated carbocycles. The van der Waals surface area contributed by atoms with Gasteiger partial charge in [0.2, 0.25) is 0 Å². The number of hydrogen-bond donors (Lipinski definition) is 1. The van der Waals surface area contributed by atoms with Crippen LogP contribution in [-0.4, -0.2) is 32.1 Å². The highest BCUT2D eigenvalue weighted by Gasteiger charge is 2.37. The van der Waals surface area contributed by atoms with Crippen molar-refractivity contribution in [3.05, 3.63) is 99.5 Å². The Balaban J connectivity index is 1.45. The molecule has 0 aliphatic carbocycles. The van der Waals surface area contributed by atoms with Gasteiger partial charge in [0.25, 0.3) is 11.8 Å². The maximum absolute atomic E-state index is 13.3. The maximum Gasteiger partial charge on any atom is 0.335 e. The number of ether oxygens (including phenoxy) is 3. The van der Waals surface area contributed by atoms with E-state index in [4.69, 9.17) is 14.2 Å². The number of aryl methyl sites for hydroxylation is 1. The molecule has 4 aromatic carbocycles. The maximum atomic E-state index is 13.3. The van der Waals surface area contributed by atoms with Crippen molar-refractivity contribution in [2.45, 2.75) is 13.5 Å². The number of urea groups is 1. The first-order valence-electron chi connectivity index (χ1n) is 12.3. The van der Waals surface area contributed by atoms with Crippen molar-refractivity contribution in [1.82, 2.24) is 5.32 Å². The van der Waals surface area contributed by atoms with Crippen LogP contribution < -0.4 is 24.4 Å². The molecule has 1 aliphatic rings. The Labute approximate surface area is 239 Å². The van der Waals surface area contributed by atoms with Gasteiger partial charge in [0.05, 0.1) is 24.4 Å². The van der Waals surface area contributed by atoms with Crippen molar-refractivity contribution in [3.8, 4) is 17.2 Å². The molecule has 1 N–H and O–H groups in total. The third kappa shape index (κ3) is 5.15. The van der Waals surface area contributed by atoms with Crippen LogP contribution in [0.4, 0.5) is 10.5 Å². The molecule has 4 aromatic rings. The number of rotatable bonds is 7. The van der Waals surface area contributed by atoms with Crippen LogP contribution in [0.15, 0.2) is 82.8 Å². The summed E-state index contributed by atoms with van der Waals surface area (Å²) in [6.45, 7) is 2.35. The van der Waals surface area contributed by atoms with Gasteiger partial charge >= 0.3 is 6.03 Å². The number of carbonyl (C=O) groups excluding carboxylic acids is 3. The van der Waals surface area contributed by atoms with Crippen LogP contribution in [0.5, 0.6) is 17.2 Å². The van der Waals surface area contributed by atoms with Crippen LogP contribution in [0.2, 0.25) is 0 Å². The van der Waals surface area contributed by atoms with Gasteiger partial charge in [-0.05, 0) is 87.2 Å². The fourth-order valence-corrected chi connectivity index (χ4v) is 5.11. The average Bonchev–Trinajstić information content (AvgIpc) is 2.95. The first kappa shape index (κ1) is 27.0. The van der Waals surface area contributed by atoms with Crippen molar-refractivity contribution >= 4 is 56.3 Å².